The quantitative estimate of drug-likeness (QED) is 0.385. The second kappa shape index (κ2) is 10.7. The maximum atomic E-state index is 6.00. The number of ether oxygens (including phenoxy) is 3. The van der Waals surface area contributed by atoms with Crippen LogP contribution >= 0.6 is 0 Å². The lowest BCUT2D eigenvalue weighted by Gasteiger charge is -2.38. The second-order valence-electron chi connectivity index (χ2n) is 3.80. The molecule has 0 heterocycles. The van der Waals surface area contributed by atoms with Gasteiger partial charge in [0.15, 0.2) is 0 Å². The van der Waals surface area contributed by atoms with Gasteiger partial charge < -0.3 is 23.1 Å². The van der Waals surface area contributed by atoms with Crippen LogP contribution < -0.4 is 0 Å². The summed E-state index contributed by atoms with van der Waals surface area (Å²) in [7, 11) is -2.89. The summed E-state index contributed by atoms with van der Waals surface area (Å²) in [5.74, 6) is 0. The monoisotopic (exact) mass is 310 g/mol. The zero-order valence-electron chi connectivity index (χ0n) is 13.7. The standard InChI is InChI=1S/C13H30O6Si/c1-7-14-13(15-8-2,16-9-3)19-20(12-6,17-10-4)18-11-5/h7-12H2,1-6H3. The zero-order valence-corrected chi connectivity index (χ0v) is 14.7. The van der Waals surface area contributed by atoms with E-state index in [1.54, 1.807) is 0 Å². The van der Waals surface area contributed by atoms with E-state index in [1.807, 2.05) is 41.5 Å². The lowest BCUT2D eigenvalue weighted by atomic mass is 10.8. The highest BCUT2D eigenvalue weighted by Gasteiger charge is 2.50. The molecular weight excluding hydrogens is 280 g/mol. The average Bonchev–Trinajstić information content (AvgIpc) is 2.40. The lowest BCUT2D eigenvalue weighted by Crippen LogP contribution is -2.56. The highest BCUT2D eigenvalue weighted by molar-refractivity contribution is 6.60. The zero-order chi connectivity index (χ0) is 15.5. The minimum atomic E-state index is -2.89. The predicted molar refractivity (Wildman–Crippen MR) is 78.2 cm³/mol. The predicted octanol–water partition coefficient (Wildman–Crippen LogP) is 2.76. The Morgan fingerprint density at radius 2 is 1.05 bits per heavy atom. The summed E-state index contributed by atoms with van der Waals surface area (Å²) in [4.78, 5) is 0. The fourth-order valence-corrected chi connectivity index (χ4v) is 3.94. The van der Waals surface area contributed by atoms with Gasteiger partial charge in [0.1, 0.15) is 0 Å². The van der Waals surface area contributed by atoms with E-state index >= 15 is 0 Å². The molecule has 0 aromatic rings. The molecule has 0 fully saturated rings. The minimum absolute atomic E-state index is 0.395. The molecule has 0 amide bonds. The van der Waals surface area contributed by atoms with Gasteiger partial charge in [-0.25, -0.2) is 0 Å². The van der Waals surface area contributed by atoms with Gasteiger partial charge in [-0.1, -0.05) is 6.92 Å². The SMILES string of the molecule is CCOC(OCC)(OCC)O[Si](CC)(OCC)OCC. The number of hydrogen-bond donors (Lipinski definition) is 0. The molecule has 122 valence electrons. The Morgan fingerprint density at radius 3 is 1.30 bits per heavy atom. The van der Waals surface area contributed by atoms with Crippen molar-refractivity contribution in [3.63, 3.8) is 0 Å². The third-order valence-corrected chi connectivity index (χ3v) is 5.29. The van der Waals surface area contributed by atoms with Crippen molar-refractivity contribution in [1.82, 2.24) is 0 Å². The van der Waals surface area contributed by atoms with Gasteiger partial charge in [0.25, 0.3) is 0 Å². The van der Waals surface area contributed by atoms with Gasteiger partial charge in [0, 0.05) is 19.3 Å². The summed E-state index contributed by atoms with van der Waals surface area (Å²) >= 11 is 0. The van der Waals surface area contributed by atoms with Gasteiger partial charge in [-0.15, -0.1) is 0 Å². The Morgan fingerprint density at radius 1 is 0.650 bits per heavy atom. The fraction of sp³-hybridized carbons (Fsp3) is 1.00. The van der Waals surface area contributed by atoms with Crippen molar-refractivity contribution < 1.29 is 27.5 Å². The molecule has 20 heavy (non-hydrogen) atoms. The molecule has 0 radical (unpaired) electrons. The Hall–Kier alpha value is -0.0231. The van der Waals surface area contributed by atoms with Crippen LogP contribution in [0.3, 0.4) is 0 Å². The molecular formula is C13H30O6Si. The van der Waals surface area contributed by atoms with Crippen molar-refractivity contribution in [2.24, 2.45) is 0 Å². The summed E-state index contributed by atoms with van der Waals surface area (Å²) in [5, 5.41) is 0. The molecule has 0 aromatic carbocycles. The number of rotatable bonds is 13. The van der Waals surface area contributed by atoms with Crippen molar-refractivity contribution >= 4 is 8.80 Å². The summed E-state index contributed by atoms with van der Waals surface area (Å²) < 4.78 is 34.2. The van der Waals surface area contributed by atoms with Crippen LogP contribution in [-0.4, -0.2) is 48.0 Å². The van der Waals surface area contributed by atoms with E-state index in [4.69, 9.17) is 27.5 Å². The van der Waals surface area contributed by atoms with Crippen molar-refractivity contribution in [3.05, 3.63) is 0 Å². The van der Waals surface area contributed by atoms with Crippen LogP contribution in [0.4, 0.5) is 0 Å². The van der Waals surface area contributed by atoms with E-state index < -0.39 is 15.0 Å². The van der Waals surface area contributed by atoms with Gasteiger partial charge in [-0.05, 0) is 34.6 Å². The van der Waals surface area contributed by atoms with E-state index in [9.17, 15) is 0 Å². The second-order valence-corrected chi connectivity index (χ2v) is 6.66. The van der Waals surface area contributed by atoms with E-state index in [0.717, 1.165) is 0 Å². The van der Waals surface area contributed by atoms with Crippen molar-refractivity contribution in [3.8, 4) is 0 Å². The Balaban J connectivity index is 5.19. The number of hydrogen-bond acceptors (Lipinski definition) is 6. The lowest BCUT2D eigenvalue weighted by molar-refractivity contribution is -0.478. The van der Waals surface area contributed by atoms with Crippen LogP contribution in [0.15, 0.2) is 0 Å². The molecule has 0 aliphatic carbocycles. The van der Waals surface area contributed by atoms with E-state index in [1.165, 1.54) is 0 Å². The molecule has 0 saturated heterocycles. The van der Waals surface area contributed by atoms with E-state index in [2.05, 4.69) is 0 Å². The molecule has 6 nitrogen and oxygen atoms in total. The fourth-order valence-electron chi connectivity index (χ4n) is 1.75. The molecule has 0 saturated carbocycles. The summed E-state index contributed by atoms with van der Waals surface area (Å²) in [6, 6.07) is 0.615. The van der Waals surface area contributed by atoms with Crippen LogP contribution in [0.5, 0.6) is 0 Å². The summed E-state index contributed by atoms with van der Waals surface area (Å²) in [6.45, 7) is 13.5. The third-order valence-electron chi connectivity index (χ3n) is 2.41. The molecule has 0 aromatic heterocycles. The van der Waals surface area contributed by atoms with E-state index in [-0.39, 0.29) is 0 Å². The van der Waals surface area contributed by atoms with Crippen molar-refractivity contribution in [2.75, 3.05) is 33.0 Å². The first-order valence-electron chi connectivity index (χ1n) is 7.47. The third kappa shape index (κ3) is 6.17. The average molecular weight is 310 g/mol. The van der Waals surface area contributed by atoms with E-state index in [0.29, 0.717) is 39.1 Å². The Bertz CT molecular complexity index is 216. The van der Waals surface area contributed by atoms with Crippen LogP contribution in [0.2, 0.25) is 6.04 Å². The molecule has 0 rings (SSSR count). The van der Waals surface area contributed by atoms with Crippen LogP contribution in [0.25, 0.3) is 0 Å². The Kier molecular flexibility index (Phi) is 10.7. The maximum absolute atomic E-state index is 6.00. The minimum Gasteiger partial charge on any atom is -0.374 e. The van der Waals surface area contributed by atoms with Gasteiger partial charge in [-0.2, -0.15) is 0 Å². The molecule has 0 unspecified atom stereocenters. The first kappa shape index (κ1) is 20.0. The van der Waals surface area contributed by atoms with Crippen molar-refractivity contribution in [1.29, 1.82) is 0 Å². The van der Waals surface area contributed by atoms with Crippen LogP contribution in [-0.2, 0) is 27.5 Å². The van der Waals surface area contributed by atoms with Crippen LogP contribution in [0, 0.1) is 0 Å². The highest BCUT2D eigenvalue weighted by Crippen LogP contribution is 2.27. The first-order valence-corrected chi connectivity index (χ1v) is 9.40. The van der Waals surface area contributed by atoms with Gasteiger partial charge in [-0.3, -0.25) is 4.43 Å². The topological polar surface area (TPSA) is 55.4 Å². The molecule has 0 aliphatic heterocycles. The molecule has 0 bridgehead atoms. The normalized spacial score (nSPS) is 12.9. The van der Waals surface area contributed by atoms with Crippen LogP contribution in [0.1, 0.15) is 41.5 Å². The van der Waals surface area contributed by atoms with Gasteiger partial charge in [0.2, 0.25) is 0 Å². The maximum Gasteiger partial charge on any atom is 0.506 e. The van der Waals surface area contributed by atoms with Gasteiger partial charge in [0.05, 0.1) is 19.8 Å². The first-order chi connectivity index (χ1) is 9.57. The molecule has 0 aliphatic rings. The van der Waals surface area contributed by atoms with Crippen molar-refractivity contribution in [2.45, 2.75) is 53.7 Å². The Labute approximate surface area is 124 Å². The van der Waals surface area contributed by atoms with Gasteiger partial charge >= 0.3 is 15.0 Å². The molecule has 0 N–H and O–H groups in total. The summed E-state index contributed by atoms with van der Waals surface area (Å²) in [5.41, 5.74) is 0. The highest BCUT2D eigenvalue weighted by atomic mass is 28.4. The summed E-state index contributed by atoms with van der Waals surface area (Å²) in [6.07, 6.45) is -1.55. The molecule has 7 heteroatoms. The molecule has 0 spiro atoms. The largest absolute Gasteiger partial charge is 0.506 e. The smallest absolute Gasteiger partial charge is 0.374 e. The molecule has 0 atom stereocenters.